The third-order valence-corrected chi connectivity index (χ3v) is 7.19. The minimum absolute atomic E-state index is 0.161. The summed E-state index contributed by atoms with van der Waals surface area (Å²) in [7, 11) is 0. The van der Waals surface area contributed by atoms with E-state index in [0.29, 0.717) is 24.1 Å². The Bertz CT molecular complexity index is 1560. The molecule has 10 heteroatoms. The molecule has 3 amide bonds. The Morgan fingerprint density at radius 1 is 0.875 bits per heavy atom. The SMILES string of the molecule is O=C(Nc1ccc(C(F)(F)F)cc1)N(CC(=O)N1c2ccccc2-n2cccc2C1c1ccc(F)cc1)C1CC1. The van der Waals surface area contributed by atoms with Gasteiger partial charge in [0, 0.05) is 17.9 Å². The first-order valence-corrected chi connectivity index (χ1v) is 12.8. The molecule has 0 spiro atoms. The highest BCUT2D eigenvalue weighted by Crippen LogP contribution is 2.42. The number of amides is 3. The molecule has 2 heterocycles. The summed E-state index contributed by atoms with van der Waals surface area (Å²) < 4.78 is 54.6. The quantitative estimate of drug-likeness (QED) is 0.280. The summed E-state index contributed by atoms with van der Waals surface area (Å²) in [6.07, 6.45) is -1.15. The molecule has 4 aromatic rings. The topological polar surface area (TPSA) is 57.6 Å². The van der Waals surface area contributed by atoms with Crippen LogP contribution < -0.4 is 10.2 Å². The lowest BCUT2D eigenvalue weighted by molar-refractivity contribution is -0.137. The number of rotatable bonds is 5. The normalized spacial score (nSPS) is 16.2. The van der Waals surface area contributed by atoms with Crippen molar-refractivity contribution in [3.8, 4) is 5.69 Å². The third kappa shape index (κ3) is 4.81. The van der Waals surface area contributed by atoms with Crippen LogP contribution in [0, 0.1) is 5.82 Å². The molecule has 6 nitrogen and oxygen atoms in total. The van der Waals surface area contributed by atoms with Gasteiger partial charge >= 0.3 is 12.2 Å². The lowest BCUT2D eigenvalue weighted by Gasteiger charge is -2.39. The van der Waals surface area contributed by atoms with Crippen molar-refractivity contribution in [1.29, 1.82) is 0 Å². The predicted octanol–water partition coefficient (Wildman–Crippen LogP) is 6.77. The molecule has 3 aromatic carbocycles. The number of fused-ring (bicyclic) bond motifs is 3. The van der Waals surface area contributed by atoms with Crippen molar-refractivity contribution >= 4 is 23.3 Å². The number of hydrogen-bond acceptors (Lipinski definition) is 2. The average molecular weight is 549 g/mol. The Balaban J connectivity index is 1.31. The molecule has 1 saturated carbocycles. The first kappa shape index (κ1) is 25.7. The van der Waals surface area contributed by atoms with Gasteiger partial charge in [-0.05, 0) is 79.1 Å². The second-order valence-electron chi connectivity index (χ2n) is 9.87. The molecule has 0 bridgehead atoms. The molecular weight excluding hydrogens is 524 g/mol. The van der Waals surface area contributed by atoms with Crippen LogP contribution in [0.2, 0.25) is 0 Å². The van der Waals surface area contributed by atoms with E-state index >= 15 is 0 Å². The van der Waals surface area contributed by atoms with Gasteiger partial charge in [0.15, 0.2) is 0 Å². The van der Waals surface area contributed by atoms with Gasteiger partial charge in [-0.15, -0.1) is 0 Å². The number of benzene rings is 3. The van der Waals surface area contributed by atoms with E-state index in [4.69, 9.17) is 0 Å². The van der Waals surface area contributed by atoms with Crippen molar-refractivity contribution in [3.63, 3.8) is 0 Å². The summed E-state index contributed by atoms with van der Waals surface area (Å²) in [5.41, 5.74) is 2.33. The maximum Gasteiger partial charge on any atom is 0.416 e. The number of halogens is 4. The Labute approximate surface area is 227 Å². The minimum Gasteiger partial charge on any atom is -0.316 e. The zero-order valence-corrected chi connectivity index (χ0v) is 21.1. The molecule has 1 N–H and O–H groups in total. The van der Waals surface area contributed by atoms with E-state index in [9.17, 15) is 27.2 Å². The molecule has 2 aliphatic rings. The Morgan fingerprint density at radius 2 is 1.55 bits per heavy atom. The second-order valence-corrected chi connectivity index (χ2v) is 9.87. The molecule has 0 saturated heterocycles. The summed E-state index contributed by atoms with van der Waals surface area (Å²) in [4.78, 5) is 30.4. The first-order valence-electron chi connectivity index (χ1n) is 12.8. The van der Waals surface area contributed by atoms with E-state index in [1.54, 1.807) is 17.0 Å². The van der Waals surface area contributed by atoms with E-state index < -0.39 is 29.6 Å². The molecule has 1 aliphatic heterocycles. The van der Waals surface area contributed by atoms with E-state index in [0.717, 1.165) is 23.5 Å². The van der Waals surface area contributed by atoms with Gasteiger partial charge in [0.25, 0.3) is 0 Å². The molecule has 204 valence electrons. The summed E-state index contributed by atoms with van der Waals surface area (Å²) in [6.45, 7) is -0.246. The number of carbonyl (C=O) groups excluding carboxylic acids is 2. The van der Waals surface area contributed by atoms with Crippen molar-refractivity contribution in [1.82, 2.24) is 9.47 Å². The monoisotopic (exact) mass is 548 g/mol. The van der Waals surface area contributed by atoms with Gasteiger partial charge in [0.05, 0.1) is 22.6 Å². The number of urea groups is 1. The van der Waals surface area contributed by atoms with Gasteiger partial charge in [-0.1, -0.05) is 24.3 Å². The molecule has 0 radical (unpaired) electrons. The fourth-order valence-corrected chi connectivity index (χ4v) is 5.14. The number of carbonyl (C=O) groups is 2. The van der Waals surface area contributed by atoms with E-state index in [-0.39, 0.29) is 24.2 Å². The van der Waals surface area contributed by atoms with Crippen LogP contribution in [0.5, 0.6) is 0 Å². The Hall–Kier alpha value is -4.60. The molecule has 1 unspecified atom stereocenters. The second kappa shape index (κ2) is 9.86. The number of para-hydroxylation sites is 2. The van der Waals surface area contributed by atoms with E-state index in [2.05, 4.69) is 5.32 Å². The largest absolute Gasteiger partial charge is 0.416 e. The molecular formula is C30H24F4N4O2. The molecule has 1 atom stereocenters. The molecule has 1 aromatic heterocycles. The summed E-state index contributed by atoms with van der Waals surface area (Å²) in [6, 6.07) is 20.1. The molecule has 1 aliphatic carbocycles. The van der Waals surface area contributed by atoms with Crippen LogP contribution in [-0.2, 0) is 11.0 Å². The Kier molecular flexibility index (Phi) is 6.32. The van der Waals surface area contributed by atoms with Crippen LogP contribution in [0.25, 0.3) is 5.69 Å². The zero-order chi connectivity index (χ0) is 28.0. The van der Waals surface area contributed by atoms with Crippen molar-refractivity contribution in [3.05, 3.63) is 114 Å². The van der Waals surface area contributed by atoms with Crippen LogP contribution in [0.1, 0.15) is 35.7 Å². The highest BCUT2D eigenvalue weighted by molar-refractivity contribution is 6.01. The fraction of sp³-hybridized carbons (Fsp3) is 0.200. The number of anilines is 2. The van der Waals surface area contributed by atoms with E-state index in [1.807, 2.05) is 47.2 Å². The lowest BCUT2D eigenvalue weighted by Crippen LogP contribution is -2.48. The van der Waals surface area contributed by atoms with Crippen LogP contribution in [0.3, 0.4) is 0 Å². The van der Waals surface area contributed by atoms with Crippen molar-refractivity contribution in [2.24, 2.45) is 0 Å². The van der Waals surface area contributed by atoms with Crippen molar-refractivity contribution in [2.45, 2.75) is 31.1 Å². The smallest absolute Gasteiger partial charge is 0.316 e. The highest BCUT2D eigenvalue weighted by Gasteiger charge is 2.40. The number of nitrogens with one attached hydrogen (secondary N) is 1. The summed E-state index contributed by atoms with van der Waals surface area (Å²) in [5, 5.41) is 2.63. The summed E-state index contributed by atoms with van der Waals surface area (Å²) in [5.74, 6) is -0.739. The van der Waals surface area contributed by atoms with Crippen LogP contribution in [-0.4, -0.2) is 34.0 Å². The predicted molar refractivity (Wildman–Crippen MR) is 142 cm³/mol. The van der Waals surface area contributed by atoms with Gasteiger partial charge in [0.1, 0.15) is 18.4 Å². The maximum atomic E-state index is 14.1. The van der Waals surface area contributed by atoms with Gasteiger partial charge in [-0.2, -0.15) is 13.2 Å². The standard InChI is InChI=1S/C30H24F4N4O2/c31-21-11-7-19(8-12-21)28-26-6-3-17-36(26)24-4-1-2-5-25(24)38(28)27(39)18-37(23-15-16-23)29(40)35-22-13-9-20(10-14-22)30(32,33)34/h1-14,17,23,28H,15-16,18H2,(H,35,40). The first-order chi connectivity index (χ1) is 19.2. The van der Waals surface area contributed by atoms with Crippen LogP contribution in [0.15, 0.2) is 91.1 Å². The van der Waals surface area contributed by atoms with Gasteiger partial charge in [-0.25, -0.2) is 9.18 Å². The van der Waals surface area contributed by atoms with Gasteiger partial charge < -0.3 is 14.8 Å². The number of aromatic nitrogens is 1. The number of hydrogen-bond donors (Lipinski definition) is 1. The molecule has 6 rings (SSSR count). The number of alkyl halides is 3. The Morgan fingerprint density at radius 3 is 2.20 bits per heavy atom. The lowest BCUT2D eigenvalue weighted by atomic mass is 9.97. The summed E-state index contributed by atoms with van der Waals surface area (Å²) >= 11 is 0. The average Bonchev–Trinajstić information content (AvgIpc) is 3.66. The van der Waals surface area contributed by atoms with Crippen molar-refractivity contribution < 1.29 is 27.2 Å². The zero-order valence-electron chi connectivity index (χ0n) is 21.1. The van der Waals surface area contributed by atoms with Gasteiger partial charge in [-0.3, -0.25) is 9.69 Å². The van der Waals surface area contributed by atoms with Gasteiger partial charge in [0.2, 0.25) is 5.91 Å². The van der Waals surface area contributed by atoms with E-state index in [1.165, 1.54) is 29.2 Å². The molecule has 40 heavy (non-hydrogen) atoms. The highest BCUT2D eigenvalue weighted by atomic mass is 19.4. The number of nitrogens with zero attached hydrogens (tertiary/aromatic N) is 3. The van der Waals surface area contributed by atoms with Crippen LogP contribution >= 0.6 is 0 Å². The fourth-order valence-electron chi connectivity index (χ4n) is 5.14. The maximum absolute atomic E-state index is 14.1. The third-order valence-electron chi connectivity index (χ3n) is 7.19. The minimum atomic E-state index is -4.49. The van der Waals surface area contributed by atoms with Crippen molar-refractivity contribution in [2.75, 3.05) is 16.8 Å². The van der Waals surface area contributed by atoms with Crippen LogP contribution in [0.4, 0.5) is 33.7 Å². The molecule has 1 fully saturated rings.